The van der Waals surface area contributed by atoms with E-state index in [0.717, 1.165) is 27.8 Å². The highest BCUT2D eigenvalue weighted by atomic mass is 31.2. The van der Waals surface area contributed by atoms with E-state index in [-0.39, 0.29) is 43.9 Å². The maximum atomic E-state index is 15.7. The molecule has 16 nitrogen and oxygen atoms in total. The van der Waals surface area contributed by atoms with Crippen LogP contribution in [0.4, 0.5) is 15.4 Å². The Bertz CT molecular complexity index is 2540. The lowest BCUT2D eigenvalue weighted by Crippen LogP contribution is -2.50. The van der Waals surface area contributed by atoms with Crippen LogP contribution in [0, 0.1) is 0 Å². The Hall–Kier alpha value is -5.77. The topological polar surface area (TPSA) is 183 Å². The second-order valence-corrected chi connectivity index (χ2v) is 20.5. The van der Waals surface area contributed by atoms with E-state index < -0.39 is 67.8 Å². The number of carbonyl (C=O) groups excluding carboxylic acids is 3. The van der Waals surface area contributed by atoms with E-state index in [9.17, 15) is 14.2 Å². The molecule has 6 atom stereocenters. The van der Waals surface area contributed by atoms with Gasteiger partial charge in [0.25, 0.3) is 0 Å². The standard InChI is InChI=1S/C51H64N5O11P/c1-8-9-30-62-47(57)35(2)66-68(60,67-39-24-17-12-18-25-39)34-61-29-19-28-54-43(38-22-15-11-16-23-38)45-44(63-51(6,7)64-45)42(32-36-20-13-10-14-21-36)55(48(54)58)33-37-26-27-41-40(31-37)46(52)53-56(41)49(59)65-50(3,4)5/h10-18,20-27,31,35,42-45H,8-9,19,28-30,32-34H2,1-7H3,(H2,52,53)/t35-,42+,43?,44-,45-,68?/m0/s1. The number of benzene rings is 4. The van der Waals surface area contributed by atoms with E-state index >= 15 is 4.79 Å². The molecular formula is C51H64N5O11P. The number of anilines is 1. The molecule has 364 valence electrons. The van der Waals surface area contributed by atoms with Crippen LogP contribution in [0.15, 0.2) is 109 Å². The summed E-state index contributed by atoms with van der Waals surface area (Å²) in [7, 11) is -4.09. The smallest absolute Gasteiger partial charge is 0.435 e. The van der Waals surface area contributed by atoms with Gasteiger partial charge in [0, 0.05) is 25.1 Å². The van der Waals surface area contributed by atoms with Crippen LogP contribution in [0.1, 0.15) is 90.5 Å². The summed E-state index contributed by atoms with van der Waals surface area (Å²) in [6, 6.07) is 32.3. The van der Waals surface area contributed by atoms with E-state index in [1.807, 2.05) is 103 Å². The van der Waals surface area contributed by atoms with Gasteiger partial charge in [0.1, 0.15) is 23.6 Å². The first kappa shape index (κ1) is 50.1. The Labute approximate surface area is 398 Å². The van der Waals surface area contributed by atoms with Crippen molar-refractivity contribution in [2.75, 3.05) is 31.8 Å². The quantitative estimate of drug-likeness (QED) is 0.0469. The first-order chi connectivity index (χ1) is 32.4. The molecule has 2 saturated heterocycles. The Kier molecular flexibility index (Phi) is 16.0. The first-order valence-corrected chi connectivity index (χ1v) is 25.0. The largest absolute Gasteiger partial charge is 0.464 e. The van der Waals surface area contributed by atoms with Crippen LogP contribution >= 0.6 is 7.60 Å². The molecule has 0 aliphatic carbocycles. The zero-order valence-corrected chi connectivity index (χ0v) is 40.8. The Balaban J connectivity index is 1.20. The summed E-state index contributed by atoms with van der Waals surface area (Å²) in [4.78, 5) is 45.3. The molecule has 1 aromatic heterocycles. The Morgan fingerprint density at radius 1 is 0.868 bits per heavy atom. The maximum absolute atomic E-state index is 15.7. The number of nitrogen functional groups attached to an aromatic ring is 1. The van der Waals surface area contributed by atoms with Crippen LogP contribution in [0.25, 0.3) is 10.9 Å². The third kappa shape index (κ3) is 12.5. The lowest BCUT2D eigenvalue weighted by Gasteiger charge is -2.37. The van der Waals surface area contributed by atoms with E-state index in [4.69, 9.17) is 38.5 Å². The maximum Gasteiger partial charge on any atom is 0.435 e. The summed E-state index contributed by atoms with van der Waals surface area (Å²) < 4.78 is 57.8. The van der Waals surface area contributed by atoms with Gasteiger partial charge < -0.3 is 43.7 Å². The minimum atomic E-state index is -4.09. The Morgan fingerprint density at radius 3 is 2.21 bits per heavy atom. The van der Waals surface area contributed by atoms with Crippen molar-refractivity contribution in [1.82, 2.24) is 19.6 Å². The van der Waals surface area contributed by atoms with Crippen LogP contribution in [-0.2, 0) is 50.5 Å². The second kappa shape index (κ2) is 21.7. The zero-order chi connectivity index (χ0) is 48.6. The molecule has 3 heterocycles. The highest BCUT2D eigenvalue weighted by Gasteiger charge is 2.56. The molecule has 2 aliphatic heterocycles. The summed E-state index contributed by atoms with van der Waals surface area (Å²) in [5, 5.41) is 4.86. The lowest BCUT2D eigenvalue weighted by molar-refractivity contribution is -0.157. The molecule has 0 saturated carbocycles. The van der Waals surface area contributed by atoms with Crippen molar-refractivity contribution in [1.29, 1.82) is 0 Å². The van der Waals surface area contributed by atoms with Crippen molar-refractivity contribution in [2.24, 2.45) is 0 Å². The number of fused-ring (bicyclic) bond motifs is 2. The van der Waals surface area contributed by atoms with Crippen molar-refractivity contribution in [3.05, 3.63) is 126 Å². The molecule has 7 rings (SSSR count). The number of unbranched alkanes of at least 4 members (excludes halogenated alkanes) is 1. The third-order valence-corrected chi connectivity index (χ3v) is 13.1. The number of rotatable bonds is 19. The number of ether oxygens (including phenoxy) is 5. The number of para-hydroxylation sites is 1. The van der Waals surface area contributed by atoms with Gasteiger partial charge in [-0.3, -0.25) is 4.52 Å². The predicted molar refractivity (Wildman–Crippen MR) is 257 cm³/mol. The van der Waals surface area contributed by atoms with Gasteiger partial charge in [-0.15, -0.1) is 5.10 Å². The van der Waals surface area contributed by atoms with Crippen LogP contribution in [-0.4, -0.2) is 99.5 Å². The van der Waals surface area contributed by atoms with Gasteiger partial charge in [-0.05, 0) is 102 Å². The number of nitrogens with two attached hydrogens (primary N) is 1. The normalized spacial score (nSPS) is 20.6. The van der Waals surface area contributed by atoms with Gasteiger partial charge in [-0.2, -0.15) is 4.68 Å². The molecule has 17 heteroatoms. The first-order valence-electron chi connectivity index (χ1n) is 23.2. The van der Waals surface area contributed by atoms with Gasteiger partial charge in [0.15, 0.2) is 24.1 Å². The van der Waals surface area contributed by atoms with E-state index in [2.05, 4.69) is 5.10 Å². The number of carbonyl (C=O) groups is 3. The second-order valence-electron chi connectivity index (χ2n) is 18.6. The van der Waals surface area contributed by atoms with Crippen LogP contribution < -0.4 is 10.3 Å². The molecule has 2 fully saturated rings. The fourth-order valence-corrected chi connectivity index (χ4v) is 10.1. The monoisotopic (exact) mass is 953 g/mol. The van der Waals surface area contributed by atoms with Crippen molar-refractivity contribution < 1.29 is 51.7 Å². The van der Waals surface area contributed by atoms with Crippen LogP contribution in [0.2, 0.25) is 0 Å². The van der Waals surface area contributed by atoms with E-state index in [1.54, 1.807) is 57.2 Å². The minimum absolute atomic E-state index is 0.0497. The van der Waals surface area contributed by atoms with Gasteiger partial charge in [0.05, 0.1) is 24.2 Å². The van der Waals surface area contributed by atoms with E-state index in [1.165, 1.54) is 6.92 Å². The summed E-state index contributed by atoms with van der Waals surface area (Å²) in [6.45, 7) is 13.2. The van der Waals surface area contributed by atoms with Crippen molar-refractivity contribution in [2.45, 2.75) is 122 Å². The van der Waals surface area contributed by atoms with E-state index in [0.29, 0.717) is 30.2 Å². The summed E-state index contributed by atoms with van der Waals surface area (Å²) in [5.41, 5.74) is 8.76. The van der Waals surface area contributed by atoms with Crippen molar-refractivity contribution in [3.63, 3.8) is 0 Å². The minimum Gasteiger partial charge on any atom is -0.464 e. The summed E-state index contributed by atoms with van der Waals surface area (Å²) >= 11 is 0. The molecule has 2 amide bonds. The molecule has 0 bridgehead atoms. The van der Waals surface area contributed by atoms with Crippen LogP contribution in [0.5, 0.6) is 5.75 Å². The number of nitrogens with zero attached hydrogens (tertiary/aromatic N) is 4. The molecule has 0 spiro atoms. The lowest BCUT2D eigenvalue weighted by atomic mass is 9.90. The SMILES string of the molecule is CCCCOC(=O)[C@H](C)OP(=O)(COCCCN1C(=O)N(Cc2ccc3c(c2)c(N)nn3C(=O)OC(C)(C)C)[C@H](Cc2ccccc2)[C@@H]2OC(C)(C)O[C@H]2C1c1ccccc1)Oc1ccccc1. The number of urea groups is 1. The molecule has 2 unspecified atom stereocenters. The number of esters is 1. The zero-order valence-electron chi connectivity index (χ0n) is 39.9. The van der Waals surface area contributed by atoms with Crippen molar-refractivity contribution >= 4 is 42.4 Å². The summed E-state index contributed by atoms with van der Waals surface area (Å²) in [6.07, 6.45) is -1.23. The summed E-state index contributed by atoms with van der Waals surface area (Å²) in [5.74, 6) is -1.23. The van der Waals surface area contributed by atoms with Crippen LogP contribution in [0.3, 0.4) is 0 Å². The average Bonchev–Trinajstić information content (AvgIpc) is 3.79. The third-order valence-electron chi connectivity index (χ3n) is 11.5. The fourth-order valence-electron chi connectivity index (χ4n) is 8.54. The predicted octanol–water partition coefficient (Wildman–Crippen LogP) is 9.90. The van der Waals surface area contributed by atoms with Gasteiger partial charge in [-0.25, -0.2) is 18.9 Å². The highest BCUT2D eigenvalue weighted by Crippen LogP contribution is 2.50. The number of amides is 2. The van der Waals surface area contributed by atoms with Gasteiger partial charge in [0.2, 0.25) is 0 Å². The number of hydrogen-bond donors (Lipinski definition) is 1. The van der Waals surface area contributed by atoms with Gasteiger partial charge in [-0.1, -0.05) is 98.3 Å². The molecular weight excluding hydrogens is 890 g/mol. The molecule has 2 N–H and O–H groups in total. The number of aromatic nitrogens is 2. The number of hydrogen-bond acceptors (Lipinski definition) is 13. The molecule has 0 radical (unpaired) electrons. The highest BCUT2D eigenvalue weighted by molar-refractivity contribution is 7.54. The van der Waals surface area contributed by atoms with Crippen molar-refractivity contribution in [3.8, 4) is 5.75 Å². The molecule has 4 aromatic carbocycles. The van der Waals surface area contributed by atoms with Gasteiger partial charge >= 0.3 is 25.7 Å². The fraction of sp³-hybridized carbons (Fsp3) is 0.451. The molecule has 2 aliphatic rings. The Morgan fingerprint density at radius 2 is 1.53 bits per heavy atom. The average molecular weight is 954 g/mol. The molecule has 5 aromatic rings. The molecule has 68 heavy (non-hydrogen) atoms.